The summed E-state index contributed by atoms with van der Waals surface area (Å²) in [5.41, 5.74) is 0. The van der Waals surface area contributed by atoms with Crippen LogP contribution in [0.1, 0.15) is 12.8 Å². The lowest BCUT2D eigenvalue weighted by Crippen LogP contribution is -2.36. The molecule has 1 aliphatic heterocycles. The Morgan fingerprint density at radius 2 is 2.58 bits per heavy atom. The zero-order valence-electron chi connectivity index (χ0n) is 7.43. The van der Waals surface area contributed by atoms with Gasteiger partial charge in [0.05, 0.1) is 5.92 Å². The lowest BCUT2D eigenvalue weighted by Gasteiger charge is -2.20. The van der Waals surface area contributed by atoms with Crippen molar-refractivity contribution in [1.29, 1.82) is 0 Å². The third-order valence-corrected chi connectivity index (χ3v) is 1.99. The van der Waals surface area contributed by atoms with Gasteiger partial charge in [-0.15, -0.1) is 0 Å². The van der Waals surface area contributed by atoms with Crippen LogP contribution < -0.4 is 10.6 Å². The van der Waals surface area contributed by atoms with Gasteiger partial charge in [0.1, 0.15) is 6.73 Å². The van der Waals surface area contributed by atoms with Gasteiger partial charge in [0, 0.05) is 6.54 Å². The second-order valence-electron chi connectivity index (χ2n) is 3.00. The first-order chi connectivity index (χ1) is 5.84. The molecule has 0 spiro atoms. The van der Waals surface area contributed by atoms with Crippen LogP contribution in [0.5, 0.6) is 0 Å². The van der Waals surface area contributed by atoms with Crippen LogP contribution in [0.25, 0.3) is 0 Å². The van der Waals surface area contributed by atoms with Gasteiger partial charge in [-0.2, -0.15) is 0 Å². The lowest BCUT2D eigenvalue weighted by molar-refractivity contribution is -0.149. The summed E-state index contributed by atoms with van der Waals surface area (Å²) < 4.78 is 4.94. The van der Waals surface area contributed by atoms with E-state index in [0.717, 1.165) is 25.9 Å². The van der Waals surface area contributed by atoms with E-state index in [4.69, 9.17) is 4.74 Å². The second-order valence-corrected chi connectivity index (χ2v) is 3.00. The summed E-state index contributed by atoms with van der Waals surface area (Å²) in [4.78, 5) is 11.3. The number of hydrogen-bond acceptors (Lipinski definition) is 4. The molecule has 70 valence electrons. The number of carbonyl (C=O) groups is 1. The zero-order chi connectivity index (χ0) is 8.81. The normalized spacial score (nSPS) is 23.6. The molecule has 4 nitrogen and oxygen atoms in total. The van der Waals surface area contributed by atoms with Gasteiger partial charge < -0.3 is 10.1 Å². The van der Waals surface area contributed by atoms with Gasteiger partial charge in [0.2, 0.25) is 0 Å². The van der Waals surface area contributed by atoms with E-state index in [1.807, 2.05) is 0 Å². The Morgan fingerprint density at radius 1 is 1.75 bits per heavy atom. The predicted octanol–water partition coefficient (Wildman–Crippen LogP) is -0.294. The van der Waals surface area contributed by atoms with Gasteiger partial charge in [-0.3, -0.25) is 10.1 Å². The van der Waals surface area contributed by atoms with E-state index in [1.54, 1.807) is 7.05 Å². The fourth-order valence-corrected chi connectivity index (χ4v) is 1.31. The fourth-order valence-electron chi connectivity index (χ4n) is 1.31. The highest BCUT2D eigenvalue weighted by Gasteiger charge is 2.21. The Hall–Kier alpha value is -0.610. The molecule has 12 heavy (non-hydrogen) atoms. The molecular weight excluding hydrogens is 156 g/mol. The molecule has 0 aromatic heterocycles. The monoisotopic (exact) mass is 172 g/mol. The average molecular weight is 172 g/mol. The van der Waals surface area contributed by atoms with E-state index < -0.39 is 0 Å². The molecule has 0 amide bonds. The van der Waals surface area contributed by atoms with Crippen LogP contribution in [0.2, 0.25) is 0 Å². The number of piperidine rings is 1. The quantitative estimate of drug-likeness (QED) is 0.453. The molecule has 1 unspecified atom stereocenters. The Bertz CT molecular complexity index is 144. The van der Waals surface area contributed by atoms with Crippen molar-refractivity contribution in [3.63, 3.8) is 0 Å². The maximum Gasteiger partial charge on any atom is 0.311 e. The van der Waals surface area contributed by atoms with Gasteiger partial charge in [-0.25, -0.2) is 0 Å². The van der Waals surface area contributed by atoms with E-state index in [2.05, 4.69) is 10.6 Å². The first-order valence-corrected chi connectivity index (χ1v) is 4.36. The molecule has 0 aromatic rings. The van der Waals surface area contributed by atoms with Crippen molar-refractivity contribution < 1.29 is 9.53 Å². The molecule has 0 radical (unpaired) electrons. The average Bonchev–Trinajstić information content (AvgIpc) is 2.15. The number of esters is 1. The van der Waals surface area contributed by atoms with Crippen molar-refractivity contribution in [2.45, 2.75) is 12.8 Å². The van der Waals surface area contributed by atoms with E-state index >= 15 is 0 Å². The largest absolute Gasteiger partial charge is 0.449 e. The third-order valence-electron chi connectivity index (χ3n) is 1.99. The minimum absolute atomic E-state index is 0.0621. The van der Waals surface area contributed by atoms with Gasteiger partial charge >= 0.3 is 5.97 Å². The summed E-state index contributed by atoms with van der Waals surface area (Å²) >= 11 is 0. The summed E-state index contributed by atoms with van der Waals surface area (Å²) in [7, 11) is 1.76. The smallest absolute Gasteiger partial charge is 0.311 e. The molecule has 0 saturated carbocycles. The first-order valence-electron chi connectivity index (χ1n) is 4.36. The maximum absolute atomic E-state index is 11.3. The van der Waals surface area contributed by atoms with Crippen molar-refractivity contribution in [2.75, 3.05) is 26.9 Å². The van der Waals surface area contributed by atoms with Gasteiger partial charge in [-0.1, -0.05) is 0 Å². The molecule has 4 heteroatoms. The van der Waals surface area contributed by atoms with Crippen LogP contribution in [0.4, 0.5) is 0 Å². The number of hydrogen-bond donors (Lipinski definition) is 2. The van der Waals surface area contributed by atoms with Crippen LogP contribution >= 0.6 is 0 Å². The van der Waals surface area contributed by atoms with Crippen molar-refractivity contribution in [1.82, 2.24) is 10.6 Å². The SMILES string of the molecule is CNCOC(=O)C1CCCNC1. The third kappa shape index (κ3) is 2.79. The minimum Gasteiger partial charge on any atom is -0.449 e. The standard InChI is InChI=1S/C8H16N2O2/c1-9-6-12-8(11)7-3-2-4-10-5-7/h7,9-10H,2-6H2,1H3. The summed E-state index contributed by atoms with van der Waals surface area (Å²) in [5.74, 6) is -0.0244. The predicted molar refractivity (Wildman–Crippen MR) is 45.6 cm³/mol. The molecule has 1 atom stereocenters. The van der Waals surface area contributed by atoms with Crippen molar-refractivity contribution >= 4 is 5.97 Å². The molecule has 1 aliphatic rings. The van der Waals surface area contributed by atoms with E-state index in [1.165, 1.54) is 0 Å². The molecule has 0 bridgehead atoms. The van der Waals surface area contributed by atoms with Crippen molar-refractivity contribution in [2.24, 2.45) is 5.92 Å². The fraction of sp³-hybridized carbons (Fsp3) is 0.875. The zero-order valence-corrected chi connectivity index (χ0v) is 7.43. The summed E-state index contributed by atoms with van der Waals surface area (Å²) in [5, 5.41) is 5.95. The number of nitrogens with one attached hydrogen (secondary N) is 2. The molecule has 0 aromatic carbocycles. The summed E-state index contributed by atoms with van der Waals surface area (Å²) in [6, 6.07) is 0. The highest BCUT2D eigenvalue weighted by molar-refractivity contribution is 5.72. The molecule has 1 fully saturated rings. The van der Waals surface area contributed by atoms with Crippen LogP contribution in [0, 0.1) is 5.92 Å². The summed E-state index contributed by atoms with van der Waals surface area (Å²) in [6.45, 7) is 2.10. The van der Waals surface area contributed by atoms with Crippen molar-refractivity contribution in [3.8, 4) is 0 Å². The van der Waals surface area contributed by atoms with Gasteiger partial charge in [0.15, 0.2) is 0 Å². The van der Waals surface area contributed by atoms with E-state index in [-0.39, 0.29) is 11.9 Å². The first kappa shape index (κ1) is 9.48. The lowest BCUT2D eigenvalue weighted by atomic mass is 10.0. The topological polar surface area (TPSA) is 50.4 Å². The Labute approximate surface area is 72.7 Å². The molecule has 1 heterocycles. The van der Waals surface area contributed by atoms with Crippen molar-refractivity contribution in [3.05, 3.63) is 0 Å². The highest BCUT2D eigenvalue weighted by Crippen LogP contribution is 2.10. The van der Waals surface area contributed by atoms with E-state index in [0.29, 0.717) is 6.73 Å². The summed E-state index contributed by atoms with van der Waals surface area (Å²) in [6.07, 6.45) is 2.02. The number of ether oxygens (including phenoxy) is 1. The van der Waals surface area contributed by atoms with Gasteiger partial charge in [0.25, 0.3) is 0 Å². The maximum atomic E-state index is 11.3. The van der Waals surface area contributed by atoms with Crippen LogP contribution in [0.15, 0.2) is 0 Å². The van der Waals surface area contributed by atoms with E-state index in [9.17, 15) is 4.79 Å². The Morgan fingerprint density at radius 3 is 3.17 bits per heavy atom. The second kappa shape index (κ2) is 5.11. The van der Waals surface area contributed by atoms with Crippen LogP contribution in [0.3, 0.4) is 0 Å². The molecule has 0 aliphatic carbocycles. The number of carbonyl (C=O) groups excluding carboxylic acids is 1. The van der Waals surface area contributed by atoms with Crippen LogP contribution in [-0.2, 0) is 9.53 Å². The Balaban J connectivity index is 2.20. The highest BCUT2D eigenvalue weighted by atomic mass is 16.5. The number of rotatable bonds is 3. The molecule has 2 N–H and O–H groups in total. The molecule has 1 saturated heterocycles. The molecular formula is C8H16N2O2. The van der Waals surface area contributed by atoms with Gasteiger partial charge in [-0.05, 0) is 26.4 Å². The molecule has 1 rings (SSSR count). The minimum atomic E-state index is -0.0865. The van der Waals surface area contributed by atoms with Crippen LogP contribution in [-0.4, -0.2) is 32.8 Å². The Kier molecular flexibility index (Phi) is 4.04.